The molecule has 0 bridgehead atoms. The summed E-state index contributed by atoms with van der Waals surface area (Å²) in [5.41, 5.74) is 2.81. The van der Waals surface area contributed by atoms with Crippen molar-refractivity contribution in [1.29, 1.82) is 0 Å². The predicted octanol–water partition coefficient (Wildman–Crippen LogP) is 3.32. The molecule has 0 aliphatic carbocycles. The van der Waals surface area contributed by atoms with Gasteiger partial charge in [0.05, 0.1) is 16.5 Å². The van der Waals surface area contributed by atoms with Crippen LogP contribution in [0, 0.1) is 12.8 Å². The largest absolute Gasteiger partial charge is 0.479 e. The molecule has 8 nitrogen and oxygen atoms in total. The second kappa shape index (κ2) is 9.15. The maximum Gasteiger partial charge on any atom is 0.265 e. The van der Waals surface area contributed by atoms with E-state index in [0.717, 1.165) is 17.7 Å². The van der Waals surface area contributed by atoms with Crippen LogP contribution in [-0.2, 0) is 26.0 Å². The zero-order chi connectivity index (χ0) is 23.8. The second-order valence-electron chi connectivity index (χ2n) is 8.61. The fraction of sp³-hybridized carbons (Fsp3) is 0.417. The van der Waals surface area contributed by atoms with Crippen molar-refractivity contribution in [1.82, 2.24) is 4.31 Å². The summed E-state index contributed by atoms with van der Waals surface area (Å²) in [5, 5.41) is 5.68. The summed E-state index contributed by atoms with van der Waals surface area (Å²) in [6, 6.07) is 10.8. The third-order valence-electron chi connectivity index (χ3n) is 6.18. The van der Waals surface area contributed by atoms with Crippen LogP contribution in [0.15, 0.2) is 41.3 Å². The minimum Gasteiger partial charge on any atom is -0.479 e. The van der Waals surface area contributed by atoms with Gasteiger partial charge < -0.3 is 15.4 Å². The SMILES string of the molecule is CCc1cccc(NC(=O)[C@H]2CCCN(S(=O)(=O)c3cc4c(cc3C)NC(=O)[C@H](C)O4)C2)c1. The van der Waals surface area contributed by atoms with Gasteiger partial charge in [0.1, 0.15) is 5.75 Å². The monoisotopic (exact) mass is 471 g/mol. The zero-order valence-corrected chi connectivity index (χ0v) is 19.9. The number of piperidine rings is 1. The molecular formula is C24H29N3O5S. The first-order chi connectivity index (χ1) is 15.7. The van der Waals surface area contributed by atoms with E-state index in [0.29, 0.717) is 36.4 Å². The number of aryl methyl sites for hydroxylation is 2. The maximum absolute atomic E-state index is 13.5. The summed E-state index contributed by atoms with van der Waals surface area (Å²) in [7, 11) is -3.85. The summed E-state index contributed by atoms with van der Waals surface area (Å²) >= 11 is 0. The molecule has 0 spiro atoms. The molecule has 4 rings (SSSR count). The predicted molar refractivity (Wildman–Crippen MR) is 126 cm³/mol. The Morgan fingerprint density at radius 1 is 1.27 bits per heavy atom. The molecular weight excluding hydrogens is 442 g/mol. The van der Waals surface area contributed by atoms with Gasteiger partial charge in [-0.05, 0) is 62.4 Å². The number of carbonyl (C=O) groups is 2. The number of carbonyl (C=O) groups excluding carboxylic acids is 2. The number of amides is 2. The average Bonchev–Trinajstić information content (AvgIpc) is 2.80. The van der Waals surface area contributed by atoms with Crippen LogP contribution >= 0.6 is 0 Å². The van der Waals surface area contributed by atoms with Crippen molar-refractivity contribution in [3.63, 3.8) is 0 Å². The zero-order valence-electron chi connectivity index (χ0n) is 19.1. The van der Waals surface area contributed by atoms with E-state index in [1.54, 1.807) is 19.9 Å². The fourth-order valence-corrected chi connectivity index (χ4v) is 5.99. The Morgan fingerprint density at radius 2 is 2.06 bits per heavy atom. The van der Waals surface area contributed by atoms with Crippen LogP contribution in [0.2, 0.25) is 0 Å². The van der Waals surface area contributed by atoms with Gasteiger partial charge >= 0.3 is 0 Å². The number of anilines is 2. The Balaban J connectivity index is 1.53. The quantitative estimate of drug-likeness (QED) is 0.696. The smallest absolute Gasteiger partial charge is 0.265 e. The molecule has 1 saturated heterocycles. The van der Waals surface area contributed by atoms with Gasteiger partial charge in [0.15, 0.2) is 6.10 Å². The lowest BCUT2D eigenvalue weighted by atomic mass is 9.98. The molecule has 2 aliphatic rings. The van der Waals surface area contributed by atoms with Crippen molar-refractivity contribution >= 4 is 33.2 Å². The van der Waals surface area contributed by atoms with Gasteiger partial charge in [-0.15, -0.1) is 0 Å². The standard InChI is InChI=1S/C24H29N3O5S/c1-4-17-7-5-9-19(12-17)25-24(29)18-8-6-10-27(14-18)33(30,31)22-13-21-20(11-15(22)2)26-23(28)16(3)32-21/h5,7,9,11-13,16,18H,4,6,8,10,14H2,1-3H3,(H,25,29)(H,26,28)/t16-,18-/m0/s1. The second-order valence-corrected chi connectivity index (χ2v) is 10.5. The highest BCUT2D eigenvalue weighted by atomic mass is 32.2. The lowest BCUT2D eigenvalue weighted by Gasteiger charge is -2.32. The molecule has 2 aromatic carbocycles. The fourth-order valence-electron chi connectivity index (χ4n) is 4.25. The van der Waals surface area contributed by atoms with Crippen LogP contribution in [0.3, 0.4) is 0 Å². The Labute approximate surface area is 194 Å². The Morgan fingerprint density at radius 3 is 2.82 bits per heavy atom. The van der Waals surface area contributed by atoms with E-state index < -0.39 is 22.0 Å². The number of sulfonamides is 1. The van der Waals surface area contributed by atoms with Crippen molar-refractivity contribution in [2.45, 2.75) is 51.0 Å². The van der Waals surface area contributed by atoms with Crippen molar-refractivity contribution in [2.75, 3.05) is 23.7 Å². The summed E-state index contributed by atoms with van der Waals surface area (Å²) in [6.07, 6.45) is 1.39. The molecule has 9 heteroatoms. The van der Waals surface area contributed by atoms with Crippen molar-refractivity contribution in [2.24, 2.45) is 5.92 Å². The molecule has 1 fully saturated rings. The molecule has 2 aliphatic heterocycles. The van der Waals surface area contributed by atoms with Crippen LogP contribution in [0.1, 0.15) is 37.8 Å². The summed E-state index contributed by atoms with van der Waals surface area (Å²) in [6.45, 7) is 5.81. The average molecular weight is 472 g/mol. The number of hydrogen-bond acceptors (Lipinski definition) is 5. The van der Waals surface area contributed by atoms with E-state index in [1.165, 1.54) is 10.4 Å². The number of nitrogens with zero attached hydrogens (tertiary/aromatic N) is 1. The molecule has 0 saturated carbocycles. The van der Waals surface area contributed by atoms with E-state index in [-0.39, 0.29) is 23.3 Å². The first kappa shape index (κ1) is 23.3. The molecule has 0 aromatic heterocycles. The van der Waals surface area contributed by atoms with Gasteiger partial charge in [-0.2, -0.15) is 4.31 Å². The number of hydrogen-bond donors (Lipinski definition) is 2. The summed E-state index contributed by atoms with van der Waals surface area (Å²) in [4.78, 5) is 24.9. The van der Waals surface area contributed by atoms with Gasteiger partial charge in [-0.3, -0.25) is 9.59 Å². The molecule has 33 heavy (non-hydrogen) atoms. The maximum atomic E-state index is 13.5. The van der Waals surface area contributed by atoms with E-state index in [1.807, 2.05) is 31.2 Å². The van der Waals surface area contributed by atoms with Crippen LogP contribution in [0.5, 0.6) is 5.75 Å². The molecule has 2 aromatic rings. The van der Waals surface area contributed by atoms with Gasteiger partial charge in [-0.25, -0.2) is 8.42 Å². The Bertz CT molecular complexity index is 1190. The Kier molecular flexibility index (Phi) is 6.45. The lowest BCUT2D eigenvalue weighted by Crippen LogP contribution is -2.44. The molecule has 2 amide bonds. The lowest BCUT2D eigenvalue weighted by molar-refractivity contribution is -0.123. The number of fused-ring (bicyclic) bond motifs is 1. The highest BCUT2D eigenvalue weighted by Gasteiger charge is 2.35. The van der Waals surface area contributed by atoms with Crippen LogP contribution in [0.4, 0.5) is 11.4 Å². The van der Waals surface area contributed by atoms with E-state index in [9.17, 15) is 18.0 Å². The highest BCUT2D eigenvalue weighted by molar-refractivity contribution is 7.89. The summed E-state index contributed by atoms with van der Waals surface area (Å²) in [5.74, 6) is -0.558. The topological polar surface area (TPSA) is 105 Å². The van der Waals surface area contributed by atoms with Gasteiger partial charge in [0.25, 0.3) is 5.91 Å². The number of benzene rings is 2. The van der Waals surface area contributed by atoms with E-state index >= 15 is 0 Å². The van der Waals surface area contributed by atoms with Crippen LogP contribution in [-0.4, -0.2) is 43.7 Å². The molecule has 0 unspecified atom stereocenters. The van der Waals surface area contributed by atoms with Gasteiger partial charge in [0.2, 0.25) is 15.9 Å². The third-order valence-corrected chi connectivity index (χ3v) is 8.19. The van der Waals surface area contributed by atoms with Crippen molar-refractivity contribution < 1.29 is 22.7 Å². The van der Waals surface area contributed by atoms with Crippen molar-refractivity contribution in [3.05, 3.63) is 47.5 Å². The van der Waals surface area contributed by atoms with E-state index in [4.69, 9.17) is 4.74 Å². The number of nitrogens with one attached hydrogen (secondary N) is 2. The first-order valence-electron chi connectivity index (χ1n) is 11.2. The first-order valence-corrected chi connectivity index (χ1v) is 12.6. The number of ether oxygens (including phenoxy) is 1. The van der Waals surface area contributed by atoms with Gasteiger partial charge in [0, 0.05) is 24.8 Å². The molecule has 2 N–H and O–H groups in total. The third kappa shape index (κ3) is 4.74. The minimum atomic E-state index is -3.85. The van der Waals surface area contributed by atoms with Crippen molar-refractivity contribution in [3.8, 4) is 5.75 Å². The minimum absolute atomic E-state index is 0.117. The Hall–Kier alpha value is -2.91. The molecule has 2 atom stereocenters. The summed E-state index contributed by atoms with van der Waals surface area (Å²) < 4.78 is 34.0. The van der Waals surface area contributed by atoms with Crippen LogP contribution < -0.4 is 15.4 Å². The molecule has 176 valence electrons. The molecule has 2 heterocycles. The number of rotatable bonds is 5. The highest BCUT2D eigenvalue weighted by Crippen LogP contribution is 2.36. The normalized spacial score (nSPS) is 21.0. The van der Waals surface area contributed by atoms with E-state index in [2.05, 4.69) is 10.6 Å². The van der Waals surface area contributed by atoms with Gasteiger partial charge in [-0.1, -0.05) is 19.1 Å². The molecule has 0 radical (unpaired) electrons. The van der Waals surface area contributed by atoms with Crippen LogP contribution in [0.25, 0.3) is 0 Å².